The smallest absolute Gasteiger partial charge is 0.427 e. The number of carbonyl (C=O) groups is 2. The Morgan fingerprint density at radius 2 is 1.73 bits per heavy atom. The molecule has 2 aromatic carbocycles. The topological polar surface area (TPSA) is 114 Å². The van der Waals surface area contributed by atoms with Gasteiger partial charge in [0.25, 0.3) is 10.0 Å². The molecule has 202 valence electrons. The first-order valence-corrected chi connectivity index (χ1v) is 12.4. The number of anilines is 2. The molecule has 0 spiro atoms. The van der Waals surface area contributed by atoms with Gasteiger partial charge in [-0.1, -0.05) is 0 Å². The molecule has 1 heterocycles. The van der Waals surface area contributed by atoms with Crippen LogP contribution in [-0.2, 0) is 19.6 Å². The Hall–Kier alpha value is -3.55. The van der Waals surface area contributed by atoms with Crippen LogP contribution in [-0.4, -0.2) is 50.9 Å². The Morgan fingerprint density at radius 3 is 2.30 bits per heavy atom. The summed E-state index contributed by atoms with van der Waals surface area (Å²) in [5.74, 6) is -0.951. The second kappa shape index (κ2) is 10.1. The van der Waals surface area contributed by atoms with Gasteiger partial charge in [0.05, 0.1) is 23.2 Å². The van der Waals surface area contributed by atoms with Crippen molar-refractivity contribution in [3.8, 4) is 5.75 Å². The minimum Gasteiger partial charge on any atom is -0.484 e. The van der Waals surface area contributed by atoms with Crippen LogP contribution in [0.4, 0.5) is 33.7 Å². The molecule has 2 N–H and O–H groups in total. The zero-order chi connectivity index (χ0) is 27.8. The highest BCUT2D eigenvalue weighted by molar-refractivity contribution is 7.92. The molecule has 0 aliphatic carbocycles. The normalized spacial score (nSPS) is 17.9. The summed E-state index contributed by atoms with van der Waals surface area (Å²) in [6.07, 6.45) is -7.07. The van der Waals surface area contributed by atoms with Crippen LogP contribution in [0, 0.1) is 5.82 Å². The standard InChI is InChI=1S/C23H25F4N3O6S/c1-13-20(12-28-14(2)31)35-19-10-7-16(29-21(32)36-22(3,4)23(25,26)27)11-18(19)30(13)37(33,34)17-8-5-15(24)6-9-17/h5-11,13,20H,12H2,1-4H3,(H,28,31)(H,29,32)/t13-,20+/m0/s1. The predicted molar refractivity (Wildman–Crippen MR) is 125 cm³/mol. The number of hydrogen-bond donors (Lipinski definition) is 2. The molecule has 0 saturated carbocycles. The van der Waals surface area contributed by atoms with Crippen molar-refractivity contribution in [1.29, 1.82) is 0 Å². The first-order valence-electron chi connectivity index (χ1n) is 10.9. The van der Waals surface area contributed by atoms with E-state index in [0.29, 0.717) is 13.8 Å². The third-order valence-electron chi connectivity index (χ3n) is 5.58. The van der Waals surface area contributed by atoms with Gasteiger partial charge in [0.2, 0.25) is 11.5 Å². The average molecular weight is 548 g/mol. The molecule has 37 heavy (non-hydrogen) atoms. The maximum Gasteiger partial charge on any atom is 0.427 e. The van der Waals surface area contributed by atoms with Crippen LogP contribution < -0.4 is 19.7 Å². The number of amides is 2. The van der Waals surface area contributed by atoms with Crippen LogP contribution in [0.3, 0.4) is 0 Å². The number of sulfonamides is 1. The van der Waals surface area contributed by atoms with Crippen molar-refractivity contribution < 1.29 is 45.0 Å². The lowest BCUT2D eigenvalue weighted by molar-refractivity contribution is -0.242. The van der Waals surface area contributed by atoms with Crippen LogP contribution in [0.2, 0.25) is 0 Å². The van der Waals surface area contributed by atoms with Crippen LogP contribution in [0.5, 0.6) is 5.75 Å². The number of nitrogens with zero attached hydrogens (tertiary/aromatic N) is 1. The molecule has 2 aromatic rings. The van der Waals surface area contributed by atoms with Gasteiger partial charge < -0.3 is 14.8 Å². The lowest BCUT2D eigenvalue weighted by atomic mass is 10.1. The van der Waals surface area contributed by atoms with Crippen LogP contribution >= 0.6 is 0 Å². The zero-order valence-electron chi connectivity index (χ0n) is 20.2. The lowest BCUT2D eigenvalue weighted by Gasteiger charge is -2.41. The number of ether oxygens (including phenoxy) is 2. The largest absolute Gasteiger partial charge is 0.484 e. The SMILES string of the molecule is CC(=O)NC[C@H]1Oc2ccc(NC(=O)OC(C)(C)C(F)(F)F)cc2N(S(=O)(=O)c2ccc(F)cc2)[C@H]1C. The minimum atomic E-state index is -4.83. The number of rotatable bonds is 6. The Labute approximate surface area is 210 Å². The van der Waals surface area contributed by atoms with Crippen molar-refractivity contribution in [2.24, 2.45) is 0 Å². The maximum absolute atomic E-state index is 13.6. The number of halogens is 4. The second-order valence-electron chi connectivity index (χ2n) is 8.79. The third-order valence-corrected chi connectivity index (χ3v) is 7.50. The number of benzene rings is 2. The van der Waals surface area contributed by atoms with Crippen molar-refractivity contribution in [2.45, 2.75) is 56.5 Å². The van der Waals surface area contributed by atoms with Gasteiger partial charge in [0.1, 0.15) is 17.7 Å². The lowest BCUT2D eigenvalue weighted by Crippen LogP contribution is -2.54. The van der Waals surface area contributed by atoms with Crippen LogP contribution in [0.15, 0.2) is 47.4 Å². The number of alkyl halides is 3. The summed E-state index contributed by atoms with van der Waals surface area (Å²) in [4.78, 5) is 23.4. The number of hydrogen-bond acceptors (Lipinski definition) is 6. The van der Waals surface area contributed by atoms with Gasteiger partial charge in [0.15, 0.2) is 0 Å². The van der Waals surface area contributed by atoms with E-state index in [-0.39, 0.29) is 34.5 Å². The number of nitrogens with one attached hydrogen (secondary N) is 2. The number of carbonyl (C=O) groups excluding carboxylic acids is 2. The fourth-order valence-electron chi connectivity index (χ4n) is 3.46. The van der Waals surface area contributed by atoms with E-state index in [9.17, 15) is 35.6 Å². The van der Waals surface area contributed by atoms with Crippen LogP contribution in [0.1, 0.15) is 27.7 Å². The summed E-state index contributed by atoms with van der Waals surface area (Å²) in [6.45, 7) is 4.13. The molecule has 1 aliphatic rings. The molecular formula is C23H25F4N3O6S. The summed E-state index contributed by atoms with van der Waals surface area (Å²) < 4.78 is 91.3. The van der Waals surface area contributed by atoms with Gasteiger partial charge in [0, 0.05) is 12.6 Å². The minimum absolute atomic E-state index is 0.0375. The molecule has 2 amide bonds. The third kappa shape index (κ3) is 6.06. The van der Waals surface area contributed by atoms with E-state index < -0.39 is 45.9 Å². The summed E-state index contributed by atoms with van der Waals surface area (Å²) in [6, 6.07) is 7.01. The first-order chi connectivity index (χ1) is 17.0. The van der Waals surface area contributed by atoms with Gasteiger partial charge in [-0.05, 0) is 63.2 Å². The monoisotopic (exact) mass is 547 g/mol. The van der Waals surface area contributed by atoms with E-state index in [4.69, 9.17) is 4.74 Å². The predicted octanol–water partition coefficient (Wildman–Crippen LogP) is 4.20. The van der Waals surface area contributed by atoms with Crippen LogP contribution in [0.25, 0.3) is 0 Å². The average Bonchev–Trinajstić information content (AvgIpc) is 2.76. The molecule has 3 rings (SSSR count). The van der Waals surface area contributed by atoms with E-state index in [2.05, 4.69) is 15.4 Å². The van der Waals surface area contributed by atoms with Gasteiger partial charge in [-0.2, -0.15) is 13.2 Å². The fourth-order valence-corrected chi connectivity index (χ4v) is 5.14. The highest BCUT2D eigenvalue weighted by Gasteiger charge is 2.51. The molecule has 0 unspecified atom stereocenters. The molecule has 1 aliphatic heterocycles. The van der Waals surface area contributed by atoms with Gasteiger partial charge in [-0.15, -0.1) is 0 Å². The Bertz CT molecular complexity index is 1280. The molecule has 0 radical (unpaired) electrons. The maximum atomic E-state index is 13.6. The van der Waals surface area contributed by atoms with Gasteiger partial charge in [-0.25, -0.2) is 17.6 Å². The molecule has 14 heteroatoms. The summed E-state index contributed by atoms with van der Waals surface area (Å²) in [5.41, 5.74) is -2.89. The van der Waals surface area contributed by atoms with E-state index in [1.165, 1.54) is 32.0 Å². The van der Waals surface area contributed by atoms with Gasteiger partial charge >= 0.3 is 12.3 Å². The summed E-state index contributed by atoms with van der Waals surface area (Å²) >= 11 is 0. The zero-order valence-corrected chi connectivity index (χ0v) is 21.0. The Morgan fingerprint density at radius 1 is 1.11 bits per heavy atom. The summed E-state index contributed by atoms with van der Waals surface area (Å²) in [7, 11) is -4.33. The van der Waals surface area contributed by atoms with Crippen molar-refractivity contribution >= 4 is 33.4 Å². The molecule has 0 saturated heterocycles. The molecule has 2 atom stereocenters. The molecule has 0 bridgehead atoms. The number of fused-ring (bicyclic) bond motifs is 1. The molecular weight excluding hydrogens is 522 g/mol. The molecule has 0 aromatic heterocycles. The first kappa shape index (κ1) is 28.0. The van der Waals surface area contributed by atoms with E-state index in [0.717, 1.165) is 28.6 Å². The molecule has 0 fully saturated rings. The van der Waals surface area contributed by atoms with Gasteiger partial charge in [-0.3, -0.25) is 14.4 Å². The quantitative estimate of drug-likeness (QED) is 0.525. The van der Waals surface area contributed by atoms with Crippen molar-refractivity contribution in [2.75, 3.05) is 16.2 Å². The van der Waals surface area contributed by atoms with Crippen molar-refractivity contribution in [3.05, 3.63) is 48.3 Å². The van der Waals surface area contributed by atoms with E-state index in [1.807, 2.05) is 0 Å². The Kier molecular flexibility index (Phi) is 7.63. The van der Waals surface area contributed by atoms with Crippen molar-refractivity contribution in [1.82, 2.24) is 5.32 Å². The summed E-state index contributed by atoms with van der Waals surface area (Å²) in [5, 5.41) is 4.73. The Balaban J connectivity index is 2.00. The highest BCUT2D eigenvalue weighted by Crippen LogP contribution is 2.41. The molecule has 9 nitrogen and oxygen atoms in total. The van der Waals surface area contributed by atoms with E-state index in [1.54, 1.807) is 0 Å². The fraction of sp³-hybridized carbons (Fsp3) is 0.391. The van der Waals surface area contributed by atoms with Crippen molar-refractivity contribution in [3.63, 3.8) is 0 Å². The second-order valence-corrected chi connectivity index (χ2v) is 10.6. The van der Waals surface area contributed by atoms with E-state index >= 15 is 0 Å². The highest BCUT2D eigenvalue weighted by atomic mass is 32.2.